The van der Waals surface area contributed by atoms with Gasteiger partial charge in [0.1, 0.15) is 11.5 Å². The highest BCUT2D eigenvalue weighted by molar-refractivity contribution is 7.80. The monoisotopic (exact) mass is 634 g/mol. The Hall–Kier alpha value is -4.68. The van der Waals surface area contributed by atoms with Gasteiger partial charge in [-0.1, -0.05) is 39.8 Å². The molecule has 44 heavy (non-hydrogen) atoms. The van der Waals surface area contributed by atoms with Gasteiger partial charge >= 0.3 is 0 Å². The average molecular weight is 635 g/mol. The molecule has 4 rings (SSSR count). The minimum atomic E-state index is -0.524. The number of aromatic hydroxyl groups is 6. The van der Waals surface area contributed by atoms with Crippen LogP contribution in [0, 0.1) is 13.8 Å². The molecule has 4 aromatic rings. The fourth-order valence-corrected chi connectivity index (χ4v) is 5.99. The van der Waals surface area contributed by atoms with Crippen LogP contribution in [0.2, 0.25) is 0 Å². The molecule has 0 saturated carbocycles. The van der Waals surface area contributed by atoms with E-state index < -0.39 is 11.5 Å². The molecular formula is C32H34N4O6S2. The lowest BCUT2D eigenvalue weighted by molar-refractivity contribution is 0.398. The number of phenolic OH excluding ortho intramolecular Hbond substituents is 6. The third-order valence-corrected chi connectivity index (χ3v) is 7.84. The number of rotatable bonds is 5. The molecule has 0 unspecified atom stereocenters. The summed E-state index contributed by atoms with van der Waals surface area (Å²) in [5.41, 5.74) is 13.4. The molecule has 0 aliphatic rings. The molecule has 4 aromatic carbocycles. The normalized spacial score (nSPS) is 12.1. The van der Waals surface area contributed by atoms with Crippen LogP contribution < -0.4 is 11.5 Å². The van der Waals surface area contributed by atoms with Crippen LogP contribution in [0.25, 0.3) is 32.7 Å². The van der Waals surface area contributed by atoms with Gasteiger partial charge in [-0.25, -0.2) is 9.98 Å². The first-order valence-electron chi connectivity index (χ1n) is 13.7. The summed E-state index contributed by atoms with van der Waals surface area (Å²) >= 11 is 9.74. The van der Waals surface area contributed by atoms with Crippen molar-refractivity contribution in [2.45, 2.75) is 53.4 Å². The van der Waals surface area contributed by atoms with E-state index in [2.05, 4.69) is 9.98 Å². The zero-order valence-corrected chi connectivity index (χ0v) is 26.6. The summed E-state index contributed by atoms with van der Waals surface area (Å²) in [4.78, 5) is 7.84. The third kappa shape index (κ3) is 5.20. The minimum Gasteiger partial charge on any atom is -0.507 e. The predicted octanol–water partition coefficient (Wildman–Crippen LogP) is 6.08. The SMILES string of the molecule is Cc1cc2c(C(C)C)c(O)c(O)c(C=NC(N)=S)c2c(O)c1-c1c(C)cc2c(C(C)C)c(O)c(O)c(C=NC(N)=S)c2c1O. The average Bonchev–Trinajstić information content (AvgIpc) is 2.90. The maximum Gasteiger partial charge on any atom is 0.190 e. The Bertz CT molecular complexity index is 1820. The second-order valence-electron chi connectivity index (χ2n) is 11.2. The molecule has 0 radical (unpaired) electrons. The Morgan fingerprint density at radius 1 is 0.614 bits per heavy atom. The summed E-state index contributed by atoms with van der Waals surface area (Å²) in [5.74, 6) is -2.93. The third-order valence-electron chi connectivity index (χ3n) is 7.63. The van der Waals surface area contributed by atoms with Crippen molar-refractivity contribution < 1.29 is 30.6 Å². The number of fused-ring (bicyclic) bond motifs is 2. The van der Waals surface area contributed by atoms with E-state index in [-0.39, 0.29) is 78.1 Å². The molecule has 0 fully saturated rings. The van der Waals surface area contributed by atoms with Crippen LogP contribution in [0.3, 0.4) is 0 Å². The largest absolute Gasteiger partial charge is 0.507 e. The van der Waals surface area contributed by atoms with Gasteiger partial charge in [0.2, 0.25) is 0 Å². The highest BCUT2D eigenvalue weighted by atomic mass is 32.1. The molecule has 0 aliphatic heterocycles. The summed E-state index contributed by atoms with van der Waals surface area (Å²) in [5, 5.41) is 68.7. The Balaban J connectivity index is 2.29. The first kappa shape index (κ1) is 32.2. The van der Waals surface area contributed by atoms with Crippen molar-refractivity contribution in [1.29, 1.82) is 0 Å². The number of aliphatic imine (C=N–C) groups is 2. The Labute approximate surface area is 264 Å². The summed E-state index contributed by atoms with van der Waals surface area (Å²) in [6, 6.07) is 3.48. The van der Waals surface area contributed by atoms with E-state index >= 15 is 0 Å². The van der Waals surface area contributed by atoms with Gasteiger partial charge in [0.25, 0.3) is 0 Å². The lowest BCUT2D eigenvalue weighted by atomic mass is 9.83. The lowest BCUT2D eigenvalue weighted by Crippen LogP contribution is -2.05. The number of hydrogen-bond donors (Lipinski definition) is 8. The van der Waals surface area contributed by atoms with Crippen molar-refractivity contribution >= 4 is 68.6 Å². The quantitative estimate of drug-likeness (QED) is 0.0723. The first-order valence-corrected chi connectivity index (χ1v) is 14.5. The Morgan fingerprint density at radius 3 is 1.20 bits per heavy atom. The van der Waals surface area contributed by atoms with Crippen LogP contribution in [0.1, 0.15) is 72.9 Å². The van der Waals surface area contributed by atoms with Crippen LogP contribution in [0.4, 0.5) is 0 Å². The van der Waals surface area contributed by atoms with Crippen molar-refractivity contribution in [3.8, 4) is 45.6 Å². The second kappa shape index (κ2) is 11.8. The molecule has 10 nitrogen and oxygen atoms in total. The van der Waals surface area contributed by atoms with Crippen molar-refractivity contribution in [3.05, 3.63) is 45.5 Å². The Morgan fingerprint density at radius 2 is 0.932 bits per heavy atom. The number of benzene rings is 4. The minimum absolute atomic E-state index is 0.0275. The molecule has 0 heterocycles. The van der Waals surface area contributed by atoms with E-state index in [1.165, 1.54) is 0 Å². The van der Waals surface area contributed by atoms with Gasteiger partial charge in [-0.3, -0.25) is 0 Å². The molecule has 0 aliphatic carbocycles. The molecule has 0 amide bonds. The zero-order chi connectivity index (χ0) is 32.9. The van der Waals surface area contributed by atoms with Gasteiger partial charge in [-0.15, -0.1) is 0 Å². The summed E-state index contributed by atoms with van der Waals surface area (Å²) < 4.78 is 0. The zero-order valence-electron chi connectivity index (χ0n) is 25.0. The first-order chi connectivity index (χ1) is 20.5. The topological polar surface area (TPSA) is 198 Å². The fraction of sp³-hybridized carbons (Fsp3) is 0.250. The number of nitrogens with two attached hydrogens (primary N) is 2. The van der Waals surface area contributed by atoms with Crippen LogP contribution in [-0.4, -0.2) is 53.3 Å². The van der Waals surface area contributed by atoms with Gasteiger partial charge in [-0.2, -0.15) is 0 Å². The standard InChI is InChI=1S/C32H34N4O6S2/c1-11(2)19-15-7-13(5)21(27(39)23(15)17(9-35-31(33)43)25(37)29(19)41)22-14(6)8-16-20(12(3)4)30(42)26(38)18(10-36-32(34)44)24(16)28(22)40/h7-12,37-42H,1-6H3,(H2,33,43)(H2,34,44). The van der Waals surface area contributed by atoms with E-state index in [0.717, 1.165) is 12.4 Å². The van der Waals surface area contributed by atoms with Gasteiger partial charge in [0.05, 0.1) is 11.1 Å². The van der Waals surface area contributed by atoms with Crippen LogP contribution in [0.5, 0.6) is 34.5 Å². The maximum atomic E-state index is 12.0. The van der Waals surface area contributed by atoms with E-state index in [0.29, 0.717) is 33.0 Å². The molecule has 230 valence electrons. The van der Waals surface area contributed by atoms with E-state index in [1.807, 2.05) is 27.7 Å². The van der Waals surface area contributed by atoms with Gasteiger partial charge in [-0.05, 0) is 72.0 Å². The van der Waals surface area contributed by atoms with E-state index in [4.69, 9.17) is 35.9 Å². The molecule has 10 N–H and O–H groups in total. The van der Waals surface area contributed by atoms with Crippen molar-refractivity contribution in [2.75, 3.05) is 0 Å². The molecule has 12 heteroatoms. The number of hydrogen-bond acceptors (Lipinski definition) is 8. The maximum absolute atomic E-state index is 12.0. The number of nitrogens with zero attached hydrogens (tertiary/aromatic N) is 2. The van der Waals surface area contributed by atoms with Gasteiger partial charge < -0.3 is 42.1 Å². The molecule has 0 spiro atoms. The molecule has 0 aromatic heterocycles. The fourth-order valence-electron chi connectivity index (χ4n) is 5.88. The highest BCUT2D eigenvalue weighted by Crippen LogP contribution is 2.54. The summed E-state index contributed by atoms with van der Waals surface area (Å²) in [6.45, 7) is 10.8. The van der Waals surface area contributed by atoms with Crippen LogP contribution in [0.15, 0.2) is 22.1 Å². The smallest absolute Gasteiger partial charge is 0.190 e. The van der Waals surface area contributed by atoms with Crippen molar-refractivity contribution in [3.63, 3.8) is 0 Å². The number of phenols is 6. The molecule has 0 saturated heterocycles. The second-order valence-corrected chi connectivity index (χ2v) is 12.1. The van der Waals surface area contributed by atoms with Gasteiger partial charge in [0.15, 0.2) is 33.2 Å². The summed E-state index contributed by atoms with van der Waals surface area (Å²) in [6.07, 6.45) is 2.32. The number of thiocarbonyl (C=S) groups is 2. The van der Waals surface area contributed by atoms with E-state index in [1.54, 1.807) is 26.0 Å². The van der Waals surface area contributed by atoms with Crippen molar-refractivity contribution in [2.24, 2.45) is 21.5 Å². The lowest BCUT2D eigenvalue weighted by Gasteiger charge is -2.23. The van der Waals surface area contributed by atoms with Crippen molar-refractivity contribution in [1.82, 2.24) is 0 Å². The summed E-state index contributed by atoms with van der Waals surface area (Å²) in [7, 11) is 0. The predicted molar refractivity (Wildman–Crippen MR) is 183 cm³/mol. The number of aryl methyl sites for hydroxylation is 2. The molecule has 0 bridgehead atoms. The highest BCUT2D eigenvalue weighted by Gasteiger charge is 2.29. The molecular weight excluding hydrogens is 601 g/mol. The Kier molecular flexibility index (Phi) is 8.63. The van der Waals surface area contributed by atoms with Gasteiger partial charge in [0, 0.05) is 45.5 Å². The van der Waals surface area contributed by atoms with Crippen LogP contribution >= 0.6 is 24.4 Å². The molecule has 0 atom stereocenters. The van der Waals surface area contributed by atoms with Crippen LogP contribution in [-0.2, 0) is 0 Å². The van der Waals surface area contributed by atoms with E-state index in [9.17, 15) is 30.6 Å².